The lowest BCUT2D eigenvalue weighted by Crippen LogP contribution is -2.53. The first-order chi connectivity index (χ1) is 20.4. The van der Waals surface area contributed by atoms with Gasteiger partial charge in [0.25, 0.3) is 5.91 Å². The summed E-state index contributed by atoms with van der Waals surface area (Å²) in [4.78, 5) is 41.2. The van der Waals surface area contributed by atoms with Crippen molar-refractivity contribution in [1.82, 2.24) is 15.1 Å². The highest BCUT2D eigenvalue weighted by Gasteiger charge is 2.41. The highest BCUT2D eigenvalue weighted by molar-refractivity contribution is 6.28. The number of nitrogens with zero attached hydrogens (tertiary/aromatic N) is 5. The Morgan fingerprint density at radius 3 is 2.74 bits per heavy atom. The van der Waals surface area contributed by atoms with Gasteiger partial charge in [-0.2, -0.15) is 10.4 Å². The fourth-order valence-corrected chi connectivity index (χ4v) is 6.33. The number of carbonyl (C=O) groups excluding carboxylic acids is 3. The lowest BCUT2D eigenvalue weighted by atomic mass is 10.0. The van der Waals surface area contributed by atoms with Crippen LogP contribution < -0.4 is 20.4 Å². The molecule has 3 aliphatic rings. The van der Waals surface area contributed by atoms with Crippen LogP contribution >= 0.6 is 0 Å². The predicted molar refractivity (Wildman–Crippen MR) is 154 cm³/mol. The van der Waals surface area contributed by atoms with E-state index in [4.69, 9.17) is 5.26 Å². The van der Waals surface area contributed by atoms with Crippen LogP contribution in [0.2, 0.25) is 0 Å². The van der Waals surface area contributed by atoms with Crippen molar-refractivity contribution in [1.29, 1.82) is 5.26 Å². The summed E-state index contributed by atoms with van der Waals surface area (Å²) in [5.41, 5.74) is 3.51. The number of anilines is 4. The average molecular weight is 564 g/mol. The van der Waals surface area contributed by atoms with Crippen molar-refractivity contribution in [2.24, 2.45) is 0 Å². The van der Waals surface area contributed by atoms with Crippen molar-refractivity contribution in [2.75, 3.05) is 28.2 Å². The van der Waals surface area contributed by atoms with Crippen LogP contribution in [0.1, 0.15) is 47.6 Å². The number of benzene rings is 3. The molecule has 42 heavy (non-hydrogen) atoms. The number of piperidine rings is 2. The quantitative estimate of drug-likeness (QED) is 0.345. The van der Waals surface area contributed by atoms with Crippen LogP contribution in [-0.2, 0) is 9.59 Å². The number of halogens is 1. The van der Waals surface area contributed by atoms with Gasteiger partial charge in [-0.3, -0.25) is 29.3 Å². The molecule has 3 aromatic carbocycles. The Bertz CT molecular complexity index is 1830. The summed E-state index contributed by atoms with van der Waals surface area (Å²) in [6, 6.07) is 15.1. The first-order valence-electron chi connectivity index (χ1n) is 13.9. The zero-order valence-corrected chi connectivity index (χ0v) is 22.5. The highest BCUT2D eigenvalue weighted by Crippen LogP contribution is 2.43. The van der Waals surface area contributed by atoms with E-state index in [1.165, 1.54) is 11.0 Å². The predicted octanol–water partition coefficient (Wildman–Crippen LogP) is 4.40. The molecule has 1 aromatic heterocycles. The summed E-state index contributed by atoms with van der Waals surface area (Å²) in [6.45, 7) is 1.31. The topological polar surface area (TPSA) is 123 Å². The minimum absolute atomic E-state index is 0.0388. The van der Waals surface area contributed by atoms with Gasteiger partial charge in [-0.1, -0.05) is 12.1 Å². The molecule has 7 rings (SSSR count). The van der Waals surface area contributed by atoms with E-state index in [-0.39, 0.29) is 30.7 Å². The van der Waals surface area contributed by atoms with Crippen LogP contribution in [0.25, 0.3) is 10.8 Å². The molecule has 10 nitrogen and oxygen atoms in total. The third-order valence-electron chi connectivity index (χ3n) is 8.32. The number of hydrogen-bond donors (Lipinski definition) is 2. The molecule has 0 aliphatic carbocycles. The maximum atomic E-state index is 14.7. The lowest BCUT2D eigenvalue weighted by molar-refractivity contribution is -0.134. The third kappa shape index (κ3) is 4.23. The Morgan fingerprint density at radius 2 is 1.93 bits per heavy atom. The molecule has 11 heteroatoms. The van der Waals surface area contributed by atoms with Crippen LogP contribution in [0.15, 0.2) is 60.9 Å². The molecule has 2 unspecified atom stereocenters. The average Bonchev–Trinajstić information content (AvgIpc) is 3.58. The van der Waals surface area contributed by atoms with Gasteiger partial charge in [0, 0.05) is 47.7 Å². The maximum Gasteiger partial charge on any atom is 0.259 e. The number of carbonyl (C=O) groups is 3. The first-order valence-corrected chi connectivity index (χ1v) is 13.9. The van der Waals surface area contributed by atoms with Gasteiger partial charge in [-0.25, -0.2) is 4.39 Å². The van der Waals surface area contributed by atoms with Crippen LogP contribution in [0, 0.1) is 17.1 Å². The molecule has 2 atom stereocenters. The molecule has 2 N–H and O–H groups in total. The summed E-state index contributed by atoms with van der Waals surface area (Å²) >= 11 is 0. The lowest BCUT2D eigenvalue weighted by Gasteiger charge is -2.34. The van der Waals surface area contributed by atoms with E-state index in [1.807, 2.05) is 46.1 Å². The van der Waals surface area contributed by atoms with Crippen molar-refractivity contribution in [3.63, 3.8) is 0 Å². The fourth-order valence-electron chi connectivity index (χ4n) is 6.33. The molecule has 4 aromatic rings. The van der Waals surface area contributed by atoms with Gasteiger partial charge in [0.1, 0.15) is 11.9 Å². The molecule has 4 heterocycles. The molecule has 210 valence electrons. The number of amides is 3. The van der Waals surface area contributed by atoms with E-state index in [2.05, 4.69) is 15.7 Å². The summed E-state index contributed by atoms with van der Waals surface area (Å²) in [5.74, 6) is -1.44. The Morgan fingerprint density at radius 1 is 1.07 bits per heavy atom. The summed E-state index contributed by atoms with van der Waals surface area (Å²) < 4.78 is 16.6. The SMILES string of the molecule is N#Cc1ccc(N2CCCC(n3cc(Nc4ccc5c6c(cccc46)C(=O)N5C4CCC(=O)NC4=O)cn3)C2)c(F)c1. The highest BCUT2D eigenvalue weighted by atomic mass is 19.1. The van der Waals surface area contributed by atoms with Gasteiger partial charge in [0.05, 0.1) is 40.9 Å². The van der Waals surface area contributed by atoms with Crippen molar-refractivity contribution >= 4 is 51.2 Å². The molecule has 0 saturated carbocycles. The number of nitriles is 1. The van der Waals surface area contributed by atoms with Gasteiger partial charge < -0.3 is 10.2 Å². The molecular weight excluding hydrogens is 537 g/mol. The maximum absolute atomic E-state index is 14.7. The molecule has 3 aliphatic heterocycles. The zero-order valence-electron chi connectivity index (χ0n) is 22.5. The largest absolute Gasteiger partial charge is 0.367 e. The number of aromatic nitrogens is 2. The second-order valence-corrected chi connectivity index (χ2v) is 10.9. The Hall–Kier alpha value is -5.24. The first kappa shape index (κ1) is 25.7. The normalized spacial score (nSPS) is 20.1. The molecule has 0 spiro atoms. The number of imide groups is 1. The molecule has 2 saturated heterocycles. The molecular formula is C31H26FN7O3. The molecule has 2 fully saturated rings. The number of nitrogens with one attached hydrogen (secondary N) is 2. The smallest absolute Gasteiger partial charge is 0.259 e. The minimum atomic E-state index is -0.740. The number of rotatable bonds is 5. The van der Waals surface area contributed by atoms with E-state index in [1.54, 1.807) is 24.4 Å². The fraction of sp³-hybridized carbons (Fsp3) is 0.258. The summed E-state index contributed by atoms with van der Waals surface area (Å²) in [5, 5.41) is 21.0. The second-order valence-electron chi connectivity index (χ2n) is 10.9. The van der Waals surface area contributed by atoms with E-state index in [0.29, 0.717) is 29.0 Å². The molecule has 0 bridgehead atoms. The van der Waals surface area contributed by atoms with Crippen molar-refractivity contribution in [3.05, 3.63) is 77.9 Å². The van der Waals surface area contributed by atoms with Gasteiger partial charge in [-0.05, 0) is 55.7 Å². The van der Waals surface area contributed by atoms with Crippen LogP contribution in [0.4, 0.5) is 27.1 Å². The van der Waals surface area contributed by atoms with E-state index in [0.717, 1.165) is 41.5 Å². The minimum Gasteiger partial charge on any atom is -0.367 e. The Balaban J connectivity index is 1.13. The van der Waals surface area contributed by atoms with Crippen molar-refractivity contribution in [3.8, 4) is 6.07 Å². The Labute approximate surface area is 240 Å². The van der Waals surface area contributed by atoms with Gasteiger partial charge in [0.15, 0.2) is 0 Å². The monoisotopic (exact) mass is 563 g/mol. The zero-order chi connectivity index (χ0) is 29.0. The second kappa shape index (κ2) is 9.99. The summed E-state index contributed by atoms with van der Waals surface area (Å²) in [6.07, 6.45) is 5.90. The van der Waals surface area contributed by atoms with E-state index >= 15 is 0 Å². The standard InChI is InChI=1S/C31H26FN7O3/c32-23-13-18(14-33)6-8-25(23)37-12-2-3-20(17-37)38-16-19(15-34-38)35-24-7-9-26-29-21(24)4-1-5-22(29)31(42)39(26)27-10-11-28(40)36-30(27)41/h1,4-9,13,15-16,20,27,35H,2-3,10-12,17H2,(H,36,40,41). The summed E-state index contributed by atoms with van der Waals surface area (Å²) in [7, 11) is 0. The third-order valence-corrected chi connectivity index (χ3v) is 8.32. The van der Waals surface area contributed by atoms with E-state index < -0.39 is 17.8 Å². The molecule has 0 radical (unpaired) electrons. The van der Waals surface area contributed by atoms with Crippen LogP contribution in [-0.4, -0.2) is 46.6 Å². The van der Waals surface area contributed by atoms with Crippen molar-refractivity contribution < 1.29 is 18.8 Å². The van der Waals surface area contributed by atoms with Gasteiger partial charge in [0.2, 0.25) is 11.8 Å². The van der Waals surface area contributed by atoms with Gasteiger partial charge in [-0.15, -0.1) is 0 Å². The van der Waals surface area contributed by atoms with Crippen molar-refractivity contribution in [2.45, 2.75) is 37.8 Å². The van der Waals surface area contributed by atoms with Crippen LogP contribution in [0.3, 0.4) is 0 Å². The Kier molecular flexibility index (Phi) is 6.12. The number of hydrogen-bond acceptors (Lipinski definition) is 7. The molecule has 3 amide bonds. The van der Waals surface area contributed by atoms with E-state index in [9.17, 15) is 18.8 Å². The van der Waals surface area contributed by atoms with Gasteiger partial charge >= 0.3 is 0 Å². The van der Waals surface area contributed by atoms with Crippen LogP contribution in [0.5, 0.6) is 0 Å².